The number of nitrogens with two attached hydrogens (primary N) is 1. The van der Waals surface area contributed by atoms with Crippen molar-refractivity contribution in [3.63, 3.8) is 0 Å². The van der Waals surface area contributed by atoms with Crippen molar-refractivity contribution < 1.29 is 9.59 Å². The molecule has 4 aromatic rings. The van der Waals surface area contributed by atoms with Crippen LogP contribution in [0.3, 0.4) is 0 Å². The lowest BCUT2D eigenvalue weighted by atomic mass is 9.84. The summed E-state index contributed by atoms with van der Waals surface area (Å²) in [6.45, 7) is 4.34. The van der Waals surface area contributed by atoms with Crippen LogP contribution in [-0.4, -0.2) is 41.9 Å². The summed E-state index contributed by atoms with van der Waals surface area (Å²) in [6.07, 6.45) is 1.76. The molecular weight excluding hydrogens is 484 g/mol. The van der Waals surface area contributed by atoms with E-state index in [2.05, 4.69) is 32.0 Å². The molecule has 4 rings (SSSR count). The van der Waals surface area contributed by atoms with E-state index in [4.69, 9.17) is 5.73 Å². The van der Waals surface area contributed by atoms with Crippen LogP contribution in [0.2, 0.25) is 0 Å². The number of nitrogens with one attached hydrogen (secondary N) is 3. The Bertz CT molecular complexity index is 1420. The van der Waals surface area contributed by atoms with Gasteiger partial charge < -0.3 is 21.7 Å². The van der Waals surface area contributed by atoms with E-state index >= 15 is 0 Å². The van der Waals surface area contributed by atoms with Gasteiger partial charge >= 0.3 is 0 Å². The van der Waals surface area contributed by atoms with E-state index in [9.17, 15) is 9.59 Å². The summed E-state index contributed by atoms with van der Waals surface area (Å²) in [5, 5.41) is 10.8. The van der Waals surface area contributed by atoms with E-state index in [-0.39, 0.29) is 23.8 Å². The highest BCUT2D eigenvalue weighted by molar-refractivity contribution is 7.14. The summed E-state index contributed by atoms with van der Waals surface area (Å²) in [5.74, 6) is 0.123. The number of amides is 2. The molecule has 190 valence electrons. The van der Waals surface area contributed by atoms with E-state index in [0.717, 1.165) is 33.8 Å². The fourth-order valence-electron chi connectivity index (χ4n) is 3.69. The largest absolute Gasteiger partial charge is 0.373 e. The van der Waals surface area contributed by atoms with Gasteiger partial charge in [0.15, 0.2) is 5.13 Å². The number of benzene rings is 2. The van der Waals surface area contributed by atoms with Crippen molar-refractivity contribution in [3.8, 4) is 22.4 Å². The Morgan fingerprint density at radius 3 is 2.54 bits per heavy atom. The molecule has 0 aliphatic rings. The van der Waals surface area contributed by atoms with Gasteiger partial charge in [-0.3, -0.25) is 9.59 Å². The molecule has 0 saturated carbocycles. The number of aromatic nitrogens is 2. The van der Waals surface area contributed by atoms with Crippen LogP contribution >= 0.6 is 11.3 Å². The Balaban J connectivity index is 1.38. The Morgan fingerprint density at radius 2 is 1.76 bits per heavy atom. The second-order valence-electron chi connectivity index (χ2n) is 9.20. The fraction of sp³-hybridized carbons (Fsp3) is 0.214. The quantitative estimate of drug-likeness (QED) is 0.261. The molecule has 2 aromatic carbocycles. The standard InChI is InChI=1S/C28H30N6O2S/c1-28(2,17-29)22-9-5-8-21(13-22)26(36)32-15-25(35)34-27-33-23(16-37-27)20-7-4-6-18(12-20)19-10-11-31-24(14-19)30-3/h4-14,16H,15,17,29H2,1-3H3,(H,30,31)(H,32,36)(H,33,34,35). The van der Waals surface area contributed by atoms with Gasteiger partial charge in [-0.2, -0.15) is 0 Å². The summed E-state index contributed by atoms with van der Waals surface area (Å²) in [6, 6.07) is 19.3. The normalized spacial score (nSPS) is 11.1. The molecule has 0 spiro atoms. The van der Waals surface area contributed by atoms with Crippen LogP contribution in [0.4, 0.5) is 10.9 Å². The van der Waals surface area contributed by atoms with Gasteiger partial charge in [-0.15, -0.1) is 11.3 Å². The molecule has 9 heteroatoms. The zero-order chi connectivity index (χ0) is 26.4. The van der Waals surface area contributed by atoms with Crippen LogP contribution in [0.5, 0.6) is 0 Å². The molecular formula is C28H30N6O2S. The van der Waals surface area contributed by atoms with Gasteiger partial charge in [0.05, 0.1) is 12.2 Å². The van der Waals surface area contributed by atoms with Crippen LogP contribution in [-0.2, 0) is 10.2 Å². The van der Waals surface area contributed by atoms with Crippen LogP contribution in [0, 0.1) is 0 Å². The maximum atomic E-state index is 12.6. The van der Waals surface area contributed by atoms with E-state index in [1.165, 1.54) is 11.3 Å². The molecule has 2 heterocycles. The third-order valence-corrected chi connectivity index (χ3v) is 6.84. The number of thiazole rings is 1. The predicted octanol–water partition coefficient (Wildman–Crippen LogP) is 4.52. The summed E-state index contributed by atoms with van der Waals surface area (Å²) >= 11 is 1.33. The van der Waals surface area contributed by atoms with Crippen molar-refractivity contribution in [2.24, 2.45) is 5.73 Å². The number of rotatable bonds is 9. The number of carbonyl (C=O) groups is 2. The molecule has 37 heavy (non-hydrogen) atoms. The minimum atomic E-state index is -0.349. The molecule has 0 atom stereocenters. The lowest BCUT2D eigenvalue weighted by Crippen LogP contribution is -2.33. The molecule has 0 radical (unpaired) electrons. The van der Waals surface area contributed by atoms with Crippen molar-refractivity contribution in [3.05, 3.63) is 83.4 Å². The number of anilines is 2. The SMILES string of the molecule is CNc1cc(-c2cccc(-c3csc(NC(=O)CNC(=O)c4cccc(C(C)(C)CN)c4)n3)c2)ccn1. The van der Waals surface area contributed by atoms with Crippen LogP contribution in [0.1, 0.15) is 29.8 Å². The second-order valence-corrected chi connectivity index (χ2v) is 10.1. The number of carbonyl (C=O) groups excluding carboxylic acids is 2. The smallest absolute Gasteiger partial charge is 0.251 e. The Labute approximate surface area is 220 Å². The molecule has 0 fully saturated rings. The van der Waals surface area contributed by atoms with E-state index in [0.29, 0.717) is 17.2 Å². The average molecular weight is 515 g/mol. The van der Waals surface area contributed by atoms with Gasteiger partial charge in [-0.05, 0) is 47.0 Å². The highest BCUT2D eigenvalue weighted by Crippen LogP contribution is 2.29. The average Bonchev–Trinajstić information content (AvgIpc) is 3.40. The highest BCUT2D eigenvalue weighted by atomic mass is 32.1. The number of pyridine rings is 1. The van der Waals surface area contributed by atoms with Crippen molar-refractivity contribution in [1.82, 2.24) is 15.3 Å². The molecule has 0 bridgehead atoms. The first-order chi connectivity index (χ1) is 17.8. The first kappa shape index (κ1) is 26.0. The zero-order valence-electron chi connectivity index (χ0n) is 21.0. The minimum absolute atomic E-state index is 0.163. The molecule has 2 aromatic heterocycles. The van der Waals surface area contributed by atoms with Gasteiger partial charge in [0, 0.05) is 41.7 Å². The molecule has 0 aliphatic heterocycles. The van der Waals surface area contributed by atoms with E-state index in [1.807, 2.05) is 74.8 Å². The maximum absolute atomic E-state index is 12.6. The van der Waals surface area contributed by atoms with Crippen molar-refractivity contribution >= 4 is 34.1 Å². The second kappa shape index (κ2) is 11.3. The molecule has 2 amide bonds. The first-order valence-corrected chi connectivity index (χ1v) is 12.8. The highest BCUT2D eigenvalue weighted by Gasteiger charge is 2.20. The number of nitrogens with zero attached hydrogens (tertiary/aromatic N) is 2. The monoisotopic (exact) mass is 514 g/mol. The minimum Gasteiger partial charge on any atom is -0.373 e. The van der Waals surface area contributed by atoms with Gasteiger partial charge in [-0.1, -0.05) is 44.2 Å². The van der Waals surface area contributed by atoms with Crippen LogP contribution < -0.4 is 21.7 Å². The van der Waals surface area contributed by atoms with Gasteiger partial charge in [-0.25, -0.2) is 9.97 Å². The third kappa shape index (κ3) is 6.38. The number of hydrogen-bond acceptors (Lipinski definition) is 7. The molecule has 0 saturated heterocycles. The molecule has 0 unspecified atom stereocenters. The Morgan fingerprint density at radius 1 is 1.00 bits per heavy atom. The summed E-state index contributed by atoms with van der Waals surface area (Å²) in [4.78, 5) is 33.9. The number of hydrogen-bond donors (Lipinski definition) is 4. The molecule has 0 aliphatic carbocycles. The summed E-state index contributed by atoms with van der Waals surface area (Å²) < 4.78 is 0. The fourth-order valence-corrected chi connectivity index (χ4v) is 4.43. The predicted molar refractivity (Wildman–Crippen MR) is 150 cm³/mol. The third-order valence-electron chi connectivity index (χ3n) is 6.08. The van der Waals surface area contributed by atoms with Crippen LogP contribution in [0.25, 0.3) is 22.4 Å². The van der Waals surface area contributed by atoms with Gasteiger partial charge in [0.1, 0.15) is 5.82 Å². The zero-order valence-corrected chi connectivity index (χ0v) is 21.9. The van der Waals surface area contributed by atoms with Crippen molar-refractivity contribution in [1.29, 1.82) is 0 Å². The lowest BCUT2D eigenvalue weighted by molar-refractivity contribution is -0.115. The van der Waals surface area contributed by atoms with Gasteiger partial charge in [0.25, 0.3) is 5.91 Å². The van der Waals surface area contributed by atoms with E-state index in [1.54, 1.807) is 12.3 Å². The maximum Gasteiger partial charge on any atom is 0.251 e. The van der Waals surface area contributed by atoms with Crippen molar-refractivity contribution in [2.75, 3.05) is 30.8 Å². The summed E-state index contributed by atoms with van der Waals surface area (Å²) in [7, 11) is 1.83. The summed E-state index contributed by atoms with van der Waals surface area (Å²) in [5.41, 5.74) is 10.8. The van der Waals surface area contributed by atoms with Crippen LogP contribution in [0.15, 0.2) is 72.2 Å². The molecule has 5 N–H and O–H groups in total. The lowest BCUT2D eigenvalue weighted by Gasteiger charge is -2.23. The first-order valence-electron chi connectivity index (χ1n) is 11.9. The molecule has 8 nitrogen and oxygen atoms in total. The topological polar surface area (TPSA) is 122 Å². The van der Waals surface area contributed by atoms with E-state index < -0.39 is 0 Å². The van der Waals surface area contributed by atoms with Crippen molar-refractivity contribution in [2.45, 2.75) is 19.3 Å². The van der Waals surface area contributed by atoms with Gasteiger partial charge in [0.2, 0.25) is 5.91 Å². The Hall–Kier alpha value is -4.08. The Kier molecular flexibility index (Phi) is 7.95.